The molecule has 2 rings (SSSR count). The fourth-order valence-corrected chi connectivity index (χ4v) is 3.30. The fourth-order valence-electron chi connectivity index (χ4n) is 1.80. The van der Waals surface area contributed by atoms with Crippen LogP contribution in [0.1, 0.15) is 17.4 Å². The number of aromatic nitrogens is 1. The zero-order valence-electron chi connectivity index (χ0n) is 11.2. The largest absolute Gasteiger partial charge is 0.355 e. The number of nitrogens with zero attached hydrogens (tertiary/aromatic N) is 2. The second kappa shape index (κ2) is 7.03. The van der Waals surface area contributed by atoms with Gasteiger partial charge >= 0.3 is 0 Å². The van der Waals surface area contributed by atoms with Crippen molar-refractivity contribution in [1.82, 2.24) is 10.3 Å². The van der Waals surface area contributed by atoms with Gasteiger partial charge < -0.3 is 10.2 Å². The normalized spacial score (nSPS) is 10.7. The molecule has 2 aromatic rings. The first-order chi connectivity index (χ1) is 9.19. The Morgan fingerprint density at radius 1 is 1.42 bits per heavy atom. The Labute approximate surface area is 126 Å². The van der Waals surface area contributed by atoms with E-state index in [1.807, 2.05) is 6.20 Å². The van der Waals surface area contributed by atoms with Gasteiger partial charge in [-0.15, -0.1) is 11.3 Å². The number of nitrogens with one attached hydrogen (secondary N) is 1. The molecular weight excluding hydrogens is 322 g/mol. The van der Waals surface area contributed by atoms with Gasteiger partial charge in [-0.2, -0.15) is 0 Å². The van der Waals surface area contributed by atoms with E-state index in [9.17, 15) is 0 Å². The predicted molar refractivity (Wildman–Crippen MR) is 85.7 cm³/mol. The van der Waals surface area contributed by atoms with E-state index in [1.54, 1.807) is 11.3 Å². The summed E-state index contributed by atoms with van der Waals surface area (Å²) in [7, 11) is 2.08. The molecule has 0 radical (unpaired) electrons. The Balaban J connectivity index is 2.03. The van der Waals surface area contributed by atoms with Gasteiger partial charge in [0.25, 0.3) is 0 Å². The molecule has 0 saturated heterocycles. The minimum absolute atomic E-state index is 0.883. The van der Waals surface area contributed by atoms with Crippen LogP contribution in [-0.2, 0) is 13.1 Å². The maximum absolute atomic E-state index is 4.44. The minimum atomic E-state index is 0.883. The quantitative estimate of drug-likeness (QED) is 0.870. The Morgan fingerprint density at radius 3 is 2.95 bits per heavy atom. The standard InChI is InChI=1S/C14H18BrN3S/c1-3-16-8-11-4-5-17-14(6-11)18(2)9-13-7-12(15)10-19-13/h4-7,10,16H,3,8-9H2,1-2H3. The number of rotatable bonds is 6. The van der Waals surface area contributed by atoms with Gasteiger partial charge in [0.1, 0.15) is 5.82 Å². The van der Waals surface area contributed by atoms with Crippen LogP contribution in [0, 0.1) is 0 Å². The van der Waals surface area contributed by atoms with Gasteiger partial charge in [0, 0.05) is 34.5 Å². The van der Waals surface area contributed by atoms with Crippen LogP contribution in [-0.4, -0.2) is 18.6 Å². The predicted octanol–water partition coefficient (Wildman–Crippen LogP) is 3.65. The summed E-state index contributed by atoms with van der Waals surface area (Å²) in [6, 6.07) is 6.36. The summed E-state index contributed by atoms with van der Waals surface area (Å²) >= 11 is 5.25. The second-order valence-corrected chi connectivity index (χ2v) is 6.30. The first-order valence-electron chi connectivity index (χ1n) is 6.28. The van der Waals surface area contributed by atoms with E-state index >= 15 is 0 Å². The van der Waals surface area contributed by atoms with Crippen molar-refractivity contribution in [3.8, 4) is 0 Å². The van der Waals surface area contributed by atoms with Crippen molar-refractivity contribution in [2.24, 2.45) is 0 Å². The van der Waals surface area contributed by atoms with Crippen LogP contribution >= 0.6 is 27.3 Å². The van der Waals surface area contributed by atoms with Crippen LogP contribution < -0.4 is 10.2 Å². The average Bonchev–Trinajstić information content (AvgIpc) is 2.82. The molecule has 0 aliphatic rings. The zero-order chi connectivity index (χ0) is 13.7. The number of halogens is 1. The van der Waals surface area contributed by atoms with E-state index in [2.05, 4.69) is 68.7 Å². The molecule has 5 heteroatoms. The van der Waals surface area contributed by atoms with Crippen molar-refractivity contribution in [3.05, 3.63) is 44.7 Å². The Morgan fingerprint density at radius 2 is 2.26 bits per heavy atom. The lowest BCUT2D eigenvalue weighted by Gasteiger charge is -2.18. The highest BCUT2D eigenvalue weighted by Gasteiger charge is 2.06. The third-order valence-corrected chi connectivity index (χ3v) is 4.48. The van der Waals surface area contributed by atoms with E-state index in [-0.39, 0.29) is 0 Å². The smallest absolute Gasteiger partial charge is 0.128 e. The van der Waals surface area contributed by atoms with Crippen LogP contribution in [0.3, 0.4) is 0 Å². The summed E-state index contributed by atoms with van der Waals surface area (Å²) in [5.41, 5.74) is 1.27. The number of anilines is 1. The van der Waals surface area contributed by atoms with Gasteiger partial charge in [0.15, 0.2) is 0 Å². The third kappa shape index (κ3) is 4.30. The van der Waals surface area contributed by atoms with Crippen LogP contribution in [0.4, 0.5) is 5.82 Å². The van der Waals surface area contributed by atoms with Crippen molar-refractivity contribution < 1.29 is 0 Å². The van der Waals surface area contributed by atoms with Crippen molar-refractivity contribution in [2.75, 3.05) is 18.5 Å². The maximum atomic E-state index is 4.44. The average molecular weight is 340 g/mol. The highest BCUT2D eigenvalue weighted by Crippen LogP contribution is 2.22. The van der Waals surface area contributed by atoms with Gasteiger partial charge in [-0.1, -0.05) is 6.92 Å². The maximum Gasteiger partial charge on any atom is 0.128 e. The molecule has 0 unspecified atom stereocenters. The summed E-state index contributed by atoms with van der Waals surface area (Å²) in [6.45, 7) is 4.87. The molecule has 0 aliphatic heterocycles. The van der Waals surface area contributed by atoms with Gasteiger partial charge in [-0.3, -0.25) is 0 Å². The number of thiophene rings is 1. The Kier molecular flexibility index (Phi) is 5.36. The molecule has 0 amide bonds. The van der Waals surface area contributed by atoms with Gasteiger partial charge in [-0.05, 0) is 46.2 Å². The van der Waals surface area contributed by atoms with E-state index in [0.29, 0.717) is 0 Å². The van der Waals surface area contributed by atoms with Crippen molar-refractivity contribution in [3.63, 3.8) is 0 Å². The summed E-state index contributed by atoms with van der Waals surface area (Å²) in [6.07, 6.45) is 1.88. The number of hydrogen-bond acceptors (Lipinski definition) is 4. The highest BCUT2D eigenvalue weighted by atomic mass is 79.9. The minimum Gasteiger partial charge on any atom is -0.355 e. The first kappa shape index (κ1) is 14.5. The van der Waals surface area contributed by atoms with Gasteiger partial charge in [0.05, 0.1) is 6.54 Å². The number of hydrogen-bond donors (Lipinski definition) is 1. The molecule has 2 aromatic heterocycles. The molecule has 0 aromatic carbocycles. The fraction of sp³-hybridized carbons (Fsp3) is 0.357. The molecule has 2 heterocycles. The molecular formula is C14H18BrN3S. The van der Waals surface area contributed by atoms with E-state index in [1.165, 1.54) is 10.4 Å². The first-order valence-corrected chi connectivity index (χ1v) is 7.96. The molecule has 0 saturated carbocycles. The summed E-state index contributed by atoms with van der Waals surface area (Å²) in [5, 5.41) is 5.44. The summed E-state index contributed by atoms with van der Waals surface area (Å²) < 4.78 is 1.15. The molecule has 19 heavy (non-hydrogen) atoms. The van der Waals surface area contributed by atoms with Crippen molar-refractivity contribution >= 4 is 33.1 Å². The number of pyridine rings is 1. The molecule has 1 N–H and O–H groups in total. The van der Waals surface area contributed by atoms with E-state index < -0.39 is 0 Å². The monoisotopic (exact) mass is 339 g/mol. The summed E-state index contributed by atoms with van der Waals surface area (Å²) in [5.74, 6) is 1.01. The van der Waals surface area contributed by atoms with E-state index in [4.69, 9.17) is 0 Å². The molecule has 0 fully saturated rings. The lowest BCUT2D eigenvalue weighted by Crippen LogP contribution is -2.18. The highest BCUT2D eigenvalue weighted by molar-refractivity contribution is 9.10. The molecule has 0 bridgehead atoms. The van der Waals surface area contributed by atoms with Crippen molar-refractivity contribution in [1.29, 1.82) is 0 Å². The topological polar surface area (TPSA) is 28.2 Å². The zero-order valence-corrected chi connectivity index (χ0v) is 13.6. The molecule has 0 spiro atoms. The van der Waals surface area contributed by atoms with E-state index in [0.717, 1.165) is 29.9 Å². The lowest BCUT2D eigenvalue weighted by molar-refractivity contribution is 0.725. The molecule has 0 atom stereocenters. The van der Waals surface area contributed by atoms with Crippen LogP contribution in [0.5, 0.6) is 0 Å². The van der Waals surface area contributed by atoms with Crippen LogP contribution in [0.25, 0.3) is 0 Å². The Hall–Kier alpha value is -0.910. The molecule has 0 aliphatic carbocycles. The third-order valence-electron chi connectivity index (χ3n) is 2.79. The molecule has 102 valence electrons. The SMILES string of the molecule is CCNCc1ccnc(N(C)Cc2cc(Br)cs2)c1. The van der Waals surface area contributed by atoms with Crippen LogP contribution in [0.2, 0.25) is 0 Å². The van der Waals surface area contributed by atoms with Crippen molar-refractivity contribution in [2.45, 2.75) is 20.0 Å². The van der Waals surface area contributed by atoms with Crippen LogP contribution in [0.15, 0.2) is 34.2 Å². The van der Waals surface area contributed by atoms with Gasteiger partial charge in [0.2, 0.25) is 0 Å². The van der Waals surface area contributed by atoms with Gasteiger partial charge in [-0.25, -0.2) is 4.98 Å². The summed E-state index contributed by atoms with van der Waals surface area (Å²) in [4.78, 5) is 7.94. The second-order valence-electron chi connectivity index (χ2n) is 4.39. The lowest BCUT2D eigenvalue weighted by atomic mass is 10.2. The molecule has 3 nitrogen and oxygen atoms in total. The Bertz CT molecular complexity index is 527.